The molecular formula is C19H34N2O. The summed E-state index contributed by atoms with van der Waals surface area (Å²) >= 11 is 0. The van der Waals surface area contributed by atoms with Gasteiger partial charge >= 0.3 is 0 Å². The van der Waals surface area contributed by atoms with E-state index < -0.39 is 0 Å². The van der Waals surface area contributed by atoms with Gasteiger partial charge in [-0.25, -0.2) is 5.43 Å². The molecule has 6 atom stereocenters. The van der Waals surface area contributed by atoms with Gasteiger partial charge in [0.15, 0.2) is 0 Å². The molecule has 0 bridgehead atoms. The summed E-state index contributed by atoms with van der Waals surface area (Å²) in [7, 11) is 0. The van der Waals surface area contributed by atoms with Crippen molar-refractivity contribution >= 4 is 11.6 Å². The highest BCUT2D eigenvalue weighted by atomic mass is 16.2. The lowest BCUT2D eigenvalue weighted by atomic mass is 9.74. The molecule has 0 aromatic carbocycles. The summed E-state index contributed by atoms with van der Waals surface area (Å²) < 4.78 is 0. The van der Waals surface area contributed by atoms with Crippen molar-refractivity contribution in [2.24, 2.45) is 40.6 Å². The molecule has 2 saturated carbocycles. The van der Waals surface area contributed by atoms with Crippen LogP contribution in [0.4, 0.5) is 0 Å². The number of carbonyl (C=O) groups is 1. The van der Waals surface area contributed by atoms with Crippen LogP contribution in [0.2, 0.25) is 0 Å². The lowest BCUT2D eigenvalue weighted by Crippen LogP contribution is -2.34. The summed E-state index contributed by atoms with van der Waals surface area (Å²) in [6.45, 7) is 11.3. The van der Waals surface area contributed by atoms with Gasteiger partial charge in [-0.2, -0.15) is 5.10 Å². The van der Waals surface area contributed by atoms with Gasteiger partial charge in [-0.05, 0) is 75.0 Å². The van der Waals surface area contributed by atoms with Crippen LogP contribution in [0.15, 0.2) is 5.10 Å². The summed E-state index contributed by atoms with van der Waals surface area (Å²) in [5.74, 6) is 3.83. The summed E-state index contributed by atoms with van der Waals surface area (Å²) in [4.78, 5) is 12.3. The van der Waals surface area contributed by atoms with E-state index in [1.54, 1.807) is 0 Å². The third-order valence-corrected chi connectivity index (χ3v) is 6.50. The molecule has 0 aromatic heterocycles. The zero-order valence-electron chi connectivity index (χ0n) is 15.1. The second-order valence-corrected chi connectivity index (χ2v) is 8.16. The molecule has 2 aliphatic carbocycles. The third kappa shape index (κ3) is 4.33. The second kappa shape index (κ2) is 7.61. The van der Waals surface area contributed by atoms with Crippen molar-refractivity contribution in [1.82, 2.24) is 5.43 Å². The minimum atomic E-state index is 0.135. The zero-order valence-corrected chi connectivity index (χ0v) is 15.1. The Hall–Kier alpha value is -0.860. The number of hydrazone groups is 1. The first-order valence-electron chi connectivity index (χ1n) is 9.22. The summed E-state index contributed by atoms with van der Waals surface area (Å²) in [5.41, 5.74) is 3.98. The Labute approximate surface area is 136 Å². The maximum atomic E-state index is 12.3. The smallest absolute Gasteiger partial charge is 0.243 e. The molecule has 0 saturated heterocycles. The molecule has 126 valence electrons. The van der Waals surface area contributed by atoms with Gasteiger partial charge in [-0.1, -0.05) is 27.7 Å². The van der Waals surface area contributed by atoms with Gasteiger partial charge in [0.2, 0.25) is 5.91 Å². The lowest BCUT2D eigenvalue weighted by Gasteiger charge is -2.32. The number of nitrogens with one attached hydrogen (secondary N) is 1. The van der Waals surface area contributed by atoms with Crippen LogP contribution in [-0.4, -0.2) is 11.6 Å². The van der Waals surface area contributed by atoms with Gasteiger partial charge in [0.05, 0.1) is 0 Å². The normalized spacial score (nSPS) is 40.3. The highest BCUT2D eigenvalue weighted by molar-refractivity contribution is 5.86. The minimum Gasteiger partial charge on any atom is -0.273 e. The maximum absolute atomic E-state index is 12.3. The van der Waals surface area contributed by atoms with E-state index in [1.807, 2.05) is 0 Å². The molecule has 2 fully saturated rings. The van der Waals surface area contributed by atoms with Crippen LogP contribution in [0.5, 0.6) is 0 Å². The predicted octanol–water partition coefficient (Wildman–Crippen LogP) is 4.62. The maximum Gasteiger partial charge on any atom is 0.243 e. The van der Waals surface area contributed by atoms with Crippen molar-refractivity contribution in [1.29, 1.82) is 0 Å². The molecule has 0 aromatic rings. The molecule has 3 nitrogen and oxygen atoms in total. The number of amides is 1. The number of nitrogens with zero attached hydrogens (tertiary/aromatic N) is 1. The Bertz CT molecular complexity index is 418. The first kappa shape index (κ1) is 17.5. The van der Waals surface area contributed by atoms with Crippen LogP contribution in [0.25, 0.3) is 0 Å². The van der Waals surface area contributed by atoms with Crippen molar-refractivity contribution < 1.29 is 4.79 Å². The van der Waals surface area contributed by atoms with Crippen LogP contribution < -0.4 is 5.43 Å². The van der Waals surface area contributed by atoms with Crippen molar-refractivity contribution in [3.8, 4) is 0 Å². The van der Waals surface area contributed by atoms with E-state index in [0.717, 1.165) is 36.3 Å². The van der Waals surface area contributed by atoms with Gasteiger partial charge in [0.1, 0.15) is 0 Å². The highest BCUT2D eigenvalue weighted by Gasteiger charge is 2.30. The average Bonchev–Trinajstić information content (AvgIpc) is 2.50. The number of hydrogen-bond acceptors (Lipinski definition) is 2. The Morgan fingerprint density at radius 2 is 1.32 bits per heavy atom. The van der Waals surface area contributed by atoms with Crippen molar-refractivity contribution in [3.05, 3.63) is 0 Å². The third-order valence-electron chi connectivity index (χ3n) is 6.50. The topological polar surface area (TPSA) is 41.5 Å². The van der Waals surface area contributed by atoms with E-state index >= 15 is 0 Å². The minimum absolute atomic E-state index is 0.135. The van der Waals surface area contributed by atoms with Crippen LogP contribution >= 0.6 is 0 Å². The van der Waals surface area contributed by atoms with E-state index in [-0.39, 0.29) is 11.8 Å². The number of hydrogen-bond donors (Lipinski definition) is 1. The molecular weight excluding hydrogens is 272 g/mol. The van der Waals surface area contributed by atoms with Gasteiger partial charge in [0, 0.05) is 11.6 Å². The largest absolute Gasteiger partial charge is 0.273 e. The Balaban J connectivity index is 1.84. The van der Waals surface area contributed by atoms with Gasteiger partial charge in [0.25, 0.3) is 0 Å². The Morgan fingerprint density at radius 1 is 0.818 bits per heavy atom. The fourth-order valence-electron chi connectivity index (χ4n) is 4.04. The highest BCUT2D eigenvalue weighted by Crippen LogP contribution is 2.34. The molecule has 0 heterocycles. The molecule has 2 rings (SSSR count). The standard InChI is InChI=1S/C19H34N2O/c1-12-6-8-17(10-14(12)3)16(5)20-21-19(22)18-9-7-13(2)15(4)11-18/h12-15,17-18H,6-11H2,1-5H3,(H,21,22)/b20-16+. The number of rotatable bonds is 3. The molecule has 3 heteroatoms. The molecule has 2 aliphatic rings. The van der Waals surface area contributed by atoms with E-state index in [4.69, 9.17) is 0 Å². The fourth-order valence-corrected chi connectivity index (χ4v) is 4.04. The SMILES string of the molecule is C/C(=N\NC(=O)C1CCC(C)C(C)C1)C1CCC(C)C(C)C1. The summed E-state index contributed by atoms with van der Waals surface area (Å²) in [5, 5.41) is 4.44. The van der Waals surface area contributed by atoms with E-state index in [9.17, 15) is 4.79 Å². The summed E-state index contributed by atoms with van der Waals surface area (Å²) in [6.07, 6.45) is 6.91. The van der Waals surface area contributed by atoms with Gasteiger partial charge < -0.3 is 0 Å². The Kier molecular flexibility index (Phi) is 6.05. The molecule has 0 spiro atoms. The quantitative estimate of drug-likeness (QED) is 0.600. The van der Waals surface area contributed by atoms with Crippen LogP contribution in [0.1, 0.15) is 73.1 Å². The molecule has 22 heavy (non-hydrogen) atoms. The molecule has 1 N–H and O–H groups in total. The van der Waals surface area contributed by atoms with Crippen LogP contribution in [0.3, 0.4) is 0 Å². The predicted molar refractivity (Wildman–Crippen MR) is 92.6 cm³/mol. The average molecular weight is 306 g/mol. The summed E-state index contributed by atoms with van der Waals surface area (Å²) in [6, 6.07) is 0. The zero-order chi connectivity index (χ0) is 16.3. The van der Waals surface area contributed by atoms with Crippen LogP contribution in [0, 0.1) is 35.5 Å². The van der Waals surface area contributed by atoms with Crippen molar-refractivity contribution in [3.63, 3.8) is 0 Å². The van der Waals surface area contributed by atoms with Crippen molar-refractivity contribution in [2.45, 2.75) is 73.1 Å². The fraction of sp³-hybridized carbons (Fsp3) is 0.895. The molecule has 0 radical (unpaired) electrons. The van der Waals surface area contributed by atoms with E-state index in [0.29, 0.717) is 11.8 Å². The van der Waals surface area contributed by atoms with E-state index in [2.05, 4.69) is 45.1 Å². The van der Waals surface area contributed by atoms with Crippen molar-refractivity contribution in [2.75, 3.05) is 0 Å². The van der Waals surface area contributed by atoms with E-state index in [1.165, 1.54) is 25.7 Å². The second-order valence-electron chi connectivity index (χ2n) is 8.16. The van der Waals surface area contributed by atoms with Crippen LogP contribution in [-0.2, 0) is 4.79 Å². The lowest BCUT2D eigenvalue weighted by molar-refractivity contribution is -0.126. The van der Waals surface area contributed by atoms with Gasteiger partial charge in [-0.3, -0.25) is 4.79 Å². The first-order chi connectivity index (χ1) is 10.4. The molecule has 1 amide bonds. The number of carbonyl (C=O) groups excluding carboxylic acids is 1. The monoisotopic (exact) mass is 306 g/mol. The molecule has 6 unspecified atom stereocenters. The Morgan fingerprint density at radius 3 is 1.86 bits per heavy atom. The van der Waals surface area contributed by atoms with Gasteiger partial charge in [-0.15, -0.1) is 0 Å². The molecule has 0 aliphatic heterocycles. The first-order valence-corrected chi connectivity index (χ1v) is 9.22.